The van der Waals surface area contributed by atoms with Crippen LogP contribution >= 0.6 is 11.6 Å². The molecule has 1 fully saturated rings. The van der Waals surface area contributed by atoms with Gasteiger partial charge in [-0.25, -0.2) is 0 Å². The highest BCUT2D eigenvalue weighted by Crippen LogP contribution is 2.30. The molecule has 6 heteroatoms. The number of hydrogen-bond donors (Lipinski definition) is 1. The SMILES string of the molecule is CCN(Cc1c(Cl)cccc1[N+](=O)[O-])C1CCC(N)CC1. The van der Waals surface area contributed by atoms with Crippen LogP contribution in [-0.4, -0.2) is 28.5 Å². The van der Waals surface area contributed by atoms with Crippen LogP contribution in [0.5, 0.6) is 0 Å². The van der Waals surface area contributed by atoms with Crippen molar-refractivity contribution < 1.29 is 4.92 Å². The van der Waals surface area contributed by atoms with Crippen molar-refractivity contribution in [1.82, 2.24) is 4.90 Å². The van der Waals surface area contributed by atoms with Crippen molar-refractivity contribution >= 4 is 17.3 Å². The van der Waals surface area contributed by atoms with Crippen LogP contribution in [0.1, 0.15) is 38.2 Å². The molecule has 0 spiro atoms. The topological polar surface area (TPSA) is 72.4 Å². The molecule has 0 unspecified atom stereocenters. The summed E-state index contributed by atoms with van der Waals surface area (Å²) >= 11 is 6.19. The maximum Gasteiger partial charge on any atom is 0.275 e. The van der Waals surface area contributed by atoms with Crippen molar-refractivity contribution in [1.29, 1.82) is 0 Å². The summed E-state index contributed by atoms with van der Waals surface area (Å²) in [5, 5.41) is 11.6. The minimum absolute atomic E-state index is 0.105. The summed E-state index contributed by atoms with van der Waals surface area (Å²) in [5.41, 5.74) is 6.67. The fraction of sp³-hybridized carbons (Fsp3) is 0.600. The Kier molecular flexibility index (Phi) is 5.56. The Hall–Kier alpha value is -1.17. The maximum atomic E-state index is 11.2. The molecule has 0 aliphatic heterocycles. The van der Waals surface area contributed by atoms with Gasteiger partial charge >= 0.3 is 0 Å². The van der Waals surface area contributed by atoms with Gasteiger partial charge in [-0.3, -0.25) is 15.0 Å². The van der Waals surface area contributed by atoms with Gasteiger partial charge in [0.2, 0.25) is 0 Å². The molecule has 0 aromatic heterocycles. The van der Waals surface area contributed by atoms with Crippen molar-refractivity contribution in [3.63, 3.8) is 0 Å². The van der Waals surface area contributed by atoms with E-state index in [0.717, 1.165) is 32.2 Å². The third-order valence-corrected chi connectivity index (χ3v) is 4.67. The number of nitrogens with two attached hydrogens (primary N) is 1. The second-order valence-electron chi connectivity index (χ2n) is 5.63. The summed E-state index contributed by atoms with van der Waals surface area (Å²) in [6, 6.07) is 5.60. The fourth-order valence-corrected chi connectivity index (χ4v) is 3.27. The van der Waals surface area contributed by atoms with E-state index in [2.05, 4.69) is 11.8 Å². The molecule has 1 aromatic carbocycles. The van der Waals surface area contributed by atoms with Crippen molar-refractivity contribution in [2.75, 3.05) is 6.54 Å². The van der Waals surface area contributed by atoms with Crippen molar-refractivity contribution in [3.8, 4) is 0 Å². The zero-order valence-corrected chi connectivity index (χ0v) is 13.1. The third kappa shape index (κ3) is 3.93. The summed E-state index contributed by atoms with van der Waals surface area (Å²) in [5.74, 6) is 0. The molecular formula is C15H22ClN3O2. The van der Waals surface area contributed by atoms with Gasteiger partial charge in [0, 0.05) is 24.7 Å². The molecule has 0 radical (unpaired) electrons. The first-order valence-corrected chi connectivity index (χ1v) is 7.82. The van der Waals surface area contributed by atoms with E-state index in [1.807, 2.05) is 0 Å². The zero-order chi connectivity index (χ0) is 15.4. The van der Waals surface area contributed by atoms with E-state index in [0.29, 0.717) is 29.2 Å². The first-order valence-electron chi connectivity index (χ1n) is 7.44. The molecule has 1 aliphatic carbocycles. The lowest BCUT2D eigenvalue weighted by Gasteiger charge is -2.35. The number of nitro groups is 1. The average Bonchev–Trinajstić information content (AvgIpc) is 2.47. The Labute approximate surface area is 130 Å². The third-order valence-electron chi connectivity index (χ3n) is 4.32. The quantitative estimate of drug-likeness (QED) is 0.668. The molecular weight excluding hydrogens is 290 g/mol. The summed E-state index contributed by atoms with van der Waals surface area (Å²) < 4.78 is 0. The minimum atomic E-state index is -0.355. The van der Waals surface area contributed by atoms with Crippen LogP contribution in [0.4, 0.5) is 5.69 Å². The van der Waals surface area contributed by atoms with Crippen LogP contribution < -0.4 is 5.73 Å². The van der Waals surface area contributed by atoms with Gasteiger partial charge in [-0.05, 0) is 38.3 Å². The number of hydrogen-bond acceptors (Lipinski definition) is 4. The Balaban J connectivity index is 2.17. The van der Waals surface area contributed by atoms with Gasteiger partial charge in [0.05, 0.1) is 15.5 Å². The Morgan fingerprint density at radius 1 is 1.38 bits per heavy atom. The fourth-order valence-electron chi connectivity index (χ4n) is 3.04. The molecule has 5 nitrogen and oxygen atoms in total. The van der Waals surface area contributed by atoms with Crippen molar-refractivity contribution in [3.05, 3.63) is 38.9 Å². The first kappa shape index (κ1) is 16.2. The monoisotopic (exact) mass is 311 g/mol. The molecule has 2 rings (SSSR count). The lowest BCUT2D eigenvalue weighted by Crippen LogP contribution is -2.40. The van der Waals surface area contributed by atoms with E-state index in [1.54, 1.807) is 12.1 Å². The van der Waals surface area contributed by atoms with Gasteiger partial charge < -0.3 is 5.73 Å². The van der Waals surface area contributed by atoms with Gasteiger partial charge in [-0.1, -0.05) is 24.6 Å². The van der Waals surface area contributed by atoms with Crippen molar-refractivity contribution in [2.45, 2.75) is 51.2 Å². The van der Waals surface area contributed by atoms with Gasteiger partial charge in [-0.2, -0.15) is 0 Å². The largest absolute Gasteiger partial charge is 0.328 e. The number of benzene rings is 1. The molecule has 0 atom stereocenters. The Bertz CT molecular complexity index is 502. The number of nitro benzene ring substituents is 1. The van der Waals surface area contributed by atoms with Gasteiger partial charge in [0.25, 0.3) is 5.69 Å². The molecule has 0 bridgehead atoms. The second kappa shape index (κ2) is 7.20. The molecule has 21 heavy (non-hydrogen) atoms. The zero-order valence-electron chi connectivity index (χ0n) is 12.3. The highest BCUT2D eigenvalue weighted by atomic mass is 35.5. The normalized spacial score (nSPS) is 22.5. The summed E-state index contributed by atoms with van der Waals surface area (Å²) in [6.45, 7) is 3.45. The van der Waals surface area contributed by atoms with E-state index < -0.39 is 0 Å². The lowest BCUT2D eigenvalue weighted by atomic mass is 9.90. The van der Waals surface area contributed by atoms with Crippen LogP contribution in [-0.2, 0) is 6.54 Å². The summed E-state index contributed by atoms with van der Waals surface area (Å²) in [4.78, 5) is 13.1. The van der Waals surface area contributed by atoms with E-state index >= 15 is 0 Å². The molecule has 0 heterocycles. The standard InChI is InChI=1S/C15H22ClN3O2/c1-2-18(12-8-6-11(17)7-9-12)10-13-14(16)4-3-5-15(13)19(20)21/h3-5,11-12H,2,6-10,17H2,1H3. The molecule has 1 saturated carbocycles. The minimum Gasteiger partial charge on any atom is -0.328 e. The lowest BCUT2D eigenvalue weighted by molar-refractivity contribution is -0.385. The van der Waals surface area contributed by atoms with Crippen LogP contribution in [0.25, 0.3) is 0 Å². The highest BCUT2D eigenvalue weighted by Gasteiger charge is 2.26. The molecule has 0 saturated heterocycles. The molecule has 116 valence electrons. The summed E-state index contributed by atoms with van der Waals surface area (Å²) in [6.07, 6.45) is 4.14. The number of nitrogens with zero attached hydrogens (tertiary/aromatic N) is 2. The van der Waals surface area contributed by atoms with Crippen LogP contribution in [0.15, 0.2) is 18.2 Å². The van der Waals surface area contributed by atoms with Gasteiger partial charge in [0.1, 0.15) is 0 Å². The van der Waals surface area contributed by atoms with E-state index in [4.69, 9.17) is 17.3 Å². The van der Waals surface area contributed by atoms with Gasteiger partial charge in [-0.15, -0.1) is 0 Å². The van der Waals surface area contributed by atoms with Gasteiger partial charge in [0.15, 0.2) is 0 Å². The Morgan fingerprint density at radius 3 is 2.62 bits per heavy atom. The predicted molar refractivity (Wildman–Crippen MR) is 84.4 cm³/mol. The predicted octanol–water partition coefficient (Wildman–Crippen LogP) is 3.34. The maximum absolute atomic E-state index is 11.2. The molecule has 2 N–H and O–H groups in total. The molecule has 1 aliphatic rings. The summed E-state index contributed by atoms with van der Waals surface area (Å²) in [7, 11) is 0. The smallest absolute Gasteiger partial charge is 0.275 e. The number of halogens is 1. The Morgan fingerprint density at radius 2 is 2.05 bits per heavy atom. The van der Waals surface area contributed by atoms with E-state index in [-0.39, 0.29) is 10.6 Å². The van der Waals surface area contributed by atoms with Crippen molar-refractivity contribution in [2.24, 2.45) is 5.73 Å². The average molecular weight is 312 g/mol. The first-order chi connectivity index (χ1) is 10.0. The van der Waals surface area contributed by atoms with Crippen LogP contribution in [0, 0.1) is 10.1 Å². The molecule has 1 aromatic rings. The van der Waals surface area contributed by atoms with Crippen LogP contribution in [0.2, 0.25) is 5.02 Å². The van der Waals surface area contributed by atoms with E-state index in [1.165, 1.54) is 6.07 Å². The highest BCUT2D eigenvalue weighted by molar-refractivity contribution is 6.31. The molecule has 0 amide bonds. The van der Waals surface area contributed by atoms with E-state index in [9.17, 15) is 10.1 Å². The number of rotatable bonds is 5. The van der Waals surface area contributed by atoms with Crippen LogP contribution in [0.3, 0.4) is 0 Å². The second-order valence-corrected chi connectivity index (χ2v) is 6.03.